The first-order valence-electron chi connectivity index (χ1n) is 12.7. The van der Waals surface area contributed by atoms with Crippen LogP contribution in [0.15, 0.2) is 72.8 Å². The standard InChI is InChI=1S/C27H27F3N2O3.C2HF3O2/c1-34-23-11-5-19(6-12-23)18-32-15-13-24(14-16-32)35-25-4-2-3-22(17-25)31-26(33)20-7-9-21(10-8-20)27(28,29)30;3-2(4,5)1(6)7/h2-12,17,24H,13-16,18H2,1H3,(H,31,33);(H,6,7). The van der Waals surface area contributed by atoms with E-state index in [-0.39, 0.29) is 11.7 Å². The lowest BCUT2D eigenvalue weighted by Gasteiger charge is -2.32. The van der Waals surface area contributed by atoms with Gasteiger partial charge in [-0.1, -0.05) is 18.2 Å². The maximum absolute atomic E-state index is 12.7. The smallest absolute Gasteiger partial charge is 0.490 e. The number of carboxylic acids is 1. The van der Waals surface area contributed by atoms with Gasteiger partial charge in [-0.15, -0.1) is 0 Å². The number of nitrogens with one attached hydrogen (secondary N) is 1. The summed E-state index contributed by atoms with van der Waals surface area (Å²) < 4.78 is 81.3. The van der Waals surface area contributed by atoms with Crippen LogP contribution >= 0.6 is 0 Å². The first kappa shape index (κ1) is 32.3. The third-order valence-corrected chi connectivity index (χ3v) is 6.21. The van der Waals surface area contributed by atoms with E-state index in [9.17, 15) is 31.1 Å². The van der Waals surface area contributed by atoms with Gasteiger partial charge in [-0.25, -0.2) is 4.79 Å². The van der Waals surface area contributed by atoms with E-state index in [1.807, 2.05) is 18.2 Å². The monoisotopic (exact) mass is 598 g/mol. The van der Waals surface area contributed by atoms with E-state index < -0.39 is 29.8 Å². The summed E-state index contributed by atoms with van der Waals surface area (Å²) in [6, 6.07) is 19.3. The number of nitrogens with zero attached hydrogens (tertiary/aromatic N) is 1. The zero-order valence-corrected chi connectivity index (χ0v) is 22.3. The quantitative estimate of drug-likeness (QED) is 0.297. The Kier molecular flexibility index (Phi) is 10.8. The number of halogens is 6. The minimum absolute atomic E-state index is 0.0722. The highest BCUT2D eigenvalue weighted by molar-refractivity contribution is 6.04. The SMILES string of the molecule is COc1ccc(CN2CCC(Oc3cccc(NC(=O)c4ccc(C(F)(F)F)cc4)c3)CC2)cc1.O=C(O)C(F)(F)F. The van der Waals surface area contributed by atoms with Crippen LogP contribution in [0.4, 0.5) is 32.0 Å². The number of carbonyl (C=O) groups excluding carboxylic acids is 1. The first-order chi connectivity index (χ1) is 19.7. The second kappa shape index (κ2) is 14.1. The Labute approximate surface area is 237 Å². The number of amides is 1. The molecule has 1 aliphatic heterocycles. The molecule has 1 aliphatic rings. The van der Waals surface area contributed by atoms with Crippen molar-refractivity contribution in [2.75, 3.05) is 25.5 Å². The van der Waals surface area contributed by atoms with E-state index in [0.717, 1.165) is 62.5 Å². The van der Waals surface area contributed by atoms with Crippen LogP contribution in [0.2, 0.25) is 0 Å². The zero-order chi connectivity index (χ0) is 30.9. The predicted molar refractivity (Wildman–Crippen MR) is 141 cm³/mol. The first-order valence-corrected chi connectivity index (χ1v) is 12.7. The Balaban J connectivity index is 0.000000616. The van der Waals surface area contributed by atoms with Gasteiger partial charge in [-0.2, -0.15) is 26.3 Å². The predicted octanol–water partition coefficient (Wildman–Crippen LogP) is 6.64. The van der Waals surface area contributed by atoms with Gasteiger partial charge in [0.05, 0.1) is 12.7 Å². The van der Waals surface area contributed by atoms with Gasteiger partial charge in [-0.3, -0.25) is 9.69 Å². The summed E-state index contributed by atoms with van der Waals surface area (Å²) in [6.07, 6.45) is -7.67. The molecule has 0 saturated carbocycles. The Morgan fingerprint density at radius 3 is 2.02 bits per heavy atom. The van der Waals surface area contributed by atoms with E-state index >= 15 is 0 Å². The fourth-order valence-electron chi connectivity index (χ4n) is 4.03. The molecule has 0 aliphatic carbocycles. The minimum atomic E-state index is -5.08. The normalized spacial score (nSPS) is 14.4. The molecule has 42 heavy (non-hydrogen) atoms. The molecule has 226 valence electrons. The van der Waals surface area contributed by atoms with Crippen LogP contribution in [0.3, 0.4) is 0 Å². The number of hydrogen-bond acceptors (Lipinski definition) is 5. The lowest BCUT2D eigenvalue weighted by Crippen LogP contribution is -2.37. The molecule has 1 amide bonds. The molecule has 2 N–H and O–H groups in total. The van der Waals surface area contributed by atoms with Gasteiger partial charge in [0, 0.05) is 37.0 Å². The number of piperidine rings is 1. The van der Waals surface area contributed by atoms with Crippen molar-refractivity contribution in [3.63, 3.8) is 0 Å². The summed E-state index contributed by atoms with van der Waals surface area (Å²) in [7, 11) is 1.66. The molecule has 13 heteroatoms. The highest BCUT2D eigenvalue weighted by Gasteiger charge is 2.38. The summed E-state index contributed by atoms with van der Waals surface area (Å²) in [5, 5.41) is 9.84. The number of methoxy groups -OCH3 is 1. The van der Waals surface area contributed by atoms with Crippen molar-refractivity contribution in [1.29, 1.82) is 0 Å². The number of anilines is 1. The number of alkyl halides is 6. The minimum Gasteiger partial charge on any atom is -0.497 e. The third-order valence-electron chi connectivity index (χ3n) is 6.21. The maximum Gasteiger partial charge on any atom is 0.490 e. The number of hydrogen-bond donors (Lipinski definition) is 2. The van der Waals surface area contributed by atoms with Crippen molar-refractivity contribution in [1.82, 2.24) is 4.90 Å². The van der Waals surface area contributed by atoms with Gasteiger partial charge in [0.2, 0.25) is 0 Å². The van der Waals surface area contributed by atoms with Gasteiger partial charge >= 0.3 is 18.3 Å². The van der Waals surface area contributed by atoms with Gasteiger partial charge in [0.1, 0.15) is 17.6 Å². The molecule has 0 radical (unpaired) electrons. The Morgan fingerprint density at radius 2 is 1.50 bits per heavy atom. The summed E-state index contributed by atoms with van der Waals surface area (Å²) in [5.41, 5.74) is 1.11. The second-order valence-electron chi connectivity index (χ2n) is 9.30. The van der Waals surface area contributed by atoms with Crippen LogP contribution in [0.25, 0.3) is 0 Å². The maximum atomic E-state index is 12.7. The van der Waals surface area contributed by atoms with Crippen molar-refractivity contribution >= 4 is 17.6 Å². The van der Waals surface area contributed by atoms with Crippen molar-refractivity contribution in [2.45, 2.75) is 37.8 Å². The van der Waals surface area contributed by atoms with Crippen molar-refractivity contribution in [3.05, 3.63) is 89.5 Å². The van der Waals surface area contributed by atoms with Crippen LogP contribution < -0.4 is 14.8 Å². The summed E-state index contributed by atoms with van der Waals surface area (Å²) in [4.78, 5) is 23.7. The highest BCUT2D eigenvalue weighted by atomic mass is 19.4. The summed E-state index contributed by atoms with van der Waals surface area (Å²) in [5.74, 6) is -1.75. The van der Waals surface area contributed by atoms with Gasteiger partial charge in [0.25, 0.3) is 5.91 Å². The topological polar surface area (TPSA) is 88.1 Å². The molecule has 4 rings (SSSR count). The number of ether oxygens (including phenoxy) is 2. The number of likely N-dealkylation sites (tertiary alicyclic amines) is 1. The molecule has 0 spiro atoms. The average Bonchev–Trinajstić information content (AvgIpc) is 2.94. The molecule has 1 fully saturated rings. The Morgan fingerprint density at radius 1 is 0.905 bits per heavy atom. The van der Waals surface area contributed by atoms with Gasteiger partial charge in [0.15, 0.2) is 0 Å². The summed E-state index contributed by atoms with van der Waals surface area (Å²) in [6.45, 7) is 2.71. The highest BCUT2D eigenvalue weighted by Crippen LogP contribution is 2.29. The number of carboxylic acid groups (broad SMARTS) is 1. The van der Waals surface area contributed by atoms with Gasteiger partial charge < -0.3 is 19.9 Å². The van der Waals surface area contributed by atoms with Crippen LogP contribution in [0.5, 0.6) is 11.5 Å². The molecule has 1 heterocycles. The molecule has 0 aromatic heterocycles. The molecule has 0 unspecified atom stereocenters. The number of benzene rings is 3. The van der Waals surface area contributed by atoms with Crippen molar-refractivity contribution in [2.24, 2.45) is 0 Å². The Bertz CT molecular complexity index is 1320. The zero-order valence-electron chi connectivity index (χ0n) is 22.3. The summed E-state index contributed by atoms with van der Waals surface area (Å²) >= 11 is 0. The van der Waals surface area contributed by atoms with Crippen molar-refractivity contribution < 1.29 is 50.5 Å². The van der Waals surface area contributed by atoms with Gasteiger partial charge in [-0.05, 0) is 66.9 Å². The number of rotatable bonds is 7. The third kappa shape index (κ3) is 9.98. The fraction of sp³-hybridized carbons (Fsp3) is 0.310. The molecule has 3 aromatic carbocycles. The van der Waals surface area contributed by atoms with Crippen molar-refractivity contribution in [3.8, 4) is 11.5 Å². The molecular formula is C29H28F6N2O5. The van der Waals surface area contributed by atoms with E-state index in [2.05, 4.69) is 22.3 Å². The average molecular weight is 599 g/mol. The van der Waals surface area contributed by atoms with Crippen LogP contribution in [-0.2, 0) is 17.5 Å². The van der Waals surface area contributed by atoms with Crippen LogP contribution in [0, 0.1) is 0 Å². The fourth-order valence-corrected chi connectivity index (χ4v) is 4.03. The molecular weight excluding hydrogens is 570 g/mol. The van der Waals surface area contributed by atoms with E-state index in [0.29, 0.717) is 11.4 Å². The lowest BCUT2D eigenvalue weighted by atomic mass is 10.1. The van der Waals surface area contributed by atoms with Crippen LogP contribution in [-0.4, -0.2) is 54.4 Å². The molecule has 7 nitrogen and oxygen atoms in total. The molecule has 0 bridgehead atoms. The Hall–Kier alpha value is -4.26. The second-order valence-corrected chi connectivity index (χ2v) is 9.30. The number of carbonyl (C=O) groups is 2. The largest absolute Gasteiger partial charge is 0.497 e. The van der Waals surface area contributed by atoms with E-state index in [4.69, 9.17) is 19.4 Å². The van der Waals surface area contributed by atoms with E-state index in [1.165, 1.54) is 5.56 Å². The van der Waals surface area contributed by atoms with Crippen LogP contribution in [0.1, 0.15) is 34.3 Å². The van der Waals surface area contributed by atoms with E-state index in [1.54, 1.807) is 25.3 Å². The lowest BCUT2D eigenvalue weighted by molar-refractivity contribution is -0.192. The molecule has 1 saturated heterocycles. The molecule has 0 atom stereocenters. The number of aliphatic carboxylic acids is 1. The molecule has 3 aromatic rings.